The summed E-state index contributed by atoms with van der Waals surface area (Å²) in [6.07, 6.45) is 3.48. The smallest absolute Gasteiger partial charge is 0.224 e. The Balaban J connectivity index is 1.25. The second kappa shape index (κ2) is 9.23. The van der Waals surface area contributed by atoms with Gasteiger partial charge < -0.3 is 19.9 Å². The Kier molecular flexibility index (Phi) is 5.68. The molecule has 1 fully saturated rings. The zero-order chi connectivity index (χ0) is 25.8. The summed E-state index contributed by atoms with van der Waals surface area (Å²) < 4.78 is 7.31. The monoisotopic (exact) mass is 547 g/mol. The number of anilines is 2. The number of H-pyrrole nitrogens is 1. The maximum Gasteiger partial charge on any atom is 0.224 e. The van der Waals surface area contributed by atoms with E-state index in [1.54, 1.807) is 6.33 Å². The third-order valence-electron chi connectivity index (χ3n) is 6.93. The normalized spacial score (nSPS) is 20.4. The zero-order valence-electron chi connectivity index (χ0n) is 20.4. The SMILES string of the molecule is Cc1nc2c([nH]1)C(Cl)C(=c1cc3c(n4cnnc14)=NC(Nc1ccc(N4CCOCC4)cc1)=NC3)C(Cl)=C2. The van der Waals surface area contributed by atoms with E-state index in [-0.39, 0.29) is 0 Å². The number of alkyl halides is 1. The molecule has 0 radical (unpaired) electrons. The van der Waals surface area contributed by atoms with Crippen molar-refractivity contribution in [2.24, 2.45) is 9.98 Å². The molecule has 1 aromatic carbocycles. The van der Waals surface area contributed by atoms with Crippen LogP contribution in [0.15, 0.2) is 51.7 Å². The van der Waals surface area contributed by atoms with Crippen LogP contribution in [0.1, 0.15) is 28.2 Å². The van der Waals surface area contributed by atoms with E-state index in [0.717, 1.165) is 71.0 Å². The van der Waals surface area contributed by atoms with Gasteiger partial charge in [0.1, 0.15) is 23.0 Å². The van der Waals surface area contributed by atoms with Crippen LogP contribution in [-0.4, -0.2) is 56.8 Å². The third kappa shape index (κ3) is 3.96. The number of hydrogen-bond donors (Lipinski definition) is 2. The van der Waals surface area contributed by atoms with Gasteiger partial charge in [0.15, 0.2) is 5.65 Å². The van der Waals surface area contributed by atoms with Gasteiger partial charge in [0.05, 0.1) is 31.1 Å². The van der Waals surface area contributed by atoms with E-state index in [0.29, 0.717) is 23.2 Å². The number of morpholine rings is 1. The lowest BCUT2D eigenvalue weighted by Crippen LogP contribution is -2.36. The molecule has 0 bridgehead atoms. The second-order valence-corrected chi connectivity index (χ2v) is 10.2. The summed E-state index contributed by atoms with van der Waals surface area (Å²) in [6.45, 7) is 5.63. The van der Waals surface area contributed by atoms with Crippen molar-refractivity contribution in [1.29, 1.82) is 0 Å². The number of halogens is 2. The third-order valence-corrected chi connectivity index (χ3v) is 7.68. The molecule has 38 heavy (non-hydrogen) atoms. The number of imidazole rings is 1. The molecule has 1 saturated heterocycles. The molecule has 2 aliphatic heterocycles. The predicted molar refractivity (Wildman–Crippen MR) is 147 cm³/mol. The number of allylic oxidation sites excluding steroid dienone is 1. The maximum absolute atomic E-state index is 6.92. The Morgan fingerprint density at radius 2 is 1.97 bits per heavy atom. The number of guanidine groups is 1. The van der Waals surface area contributed by atoms with Gasteiger partial charge >= 0.3 is 0 Å². The number of fused-ring (bicyclic) bond motifs is 4. The van der Waals surface area contributed by atoms with E-state index in [9.17, 15) is 0 Å². The first-order valence-electron chi connectivity index (χ1n) is 12.3. The fourth-order valence-corrected chi connectivity index (χ4v) is 5.87. The summed E-state index contributed by atoms with van der Waals surface area (Å²) >= 11 is 13.7. The number of hydrogen-bond acceptors (Lipinski definition) is 8. The Bertz CT molecular complexity index is 1750. The molecule has 4 aromatic rings. The van der Waals surface area contributed by atoms with Gasteiger partial charge in [-0.2, -0.15) is 4.99 Å². The summed E-state index contributed by atoms with van der Waals surface area (Å²) in [6, 6.07) is 10.3. The molecule has 3 aromatic heterocycles. The summed E-state index contributed by atoms with van der Waals surface area (Å²) in [7, 11) is 0. The van der Waals surface area contributed by atoms with E-state index in [1.165, 1.54) is 5.69 Å². The minimum absolute atomic E-state index is 0.435. The molecule has 0 saturated carbocycles. The average molecular weight is 548 g/mol. The number of aryl methyl sites for hydroxylation is 1. The number of aliphatic imine (C=N–C) groups is 1. The van der Waals surface area contributed by atoms with Gasteiger partial charge in [-0.1, -0.05) is 11.6 Å². The van der Waals surface area contributed by atoms with Crippen LogP contribution in [0.5, 0.6) is 0 Å². The number of ether oxygens (including phenoxy) is 1. The fourth-order valence-electron chi connectivity index (χ4n) is 5.10. The topological polar surface area (TPSA) is 108 Å². The Hall–Kier alpha value is -3.73. The maximum atomic E-state index is 6.92. The molecule has 0 amide bonds. The van der Waals surface area contributed by atoms with Crippen LogP contribution in [0.25, 0.3) is 17.3 Å². The van der Waals surface area contributed by atoms with Crippen molar-refractivity contribution >= 4 is 57.8 Å². The van der Waals surface area contributed by atoms with Crippen LogP contribution in [0.2, 0.25) is 0 Å². The number of aromatic nitrogens is 5. The fraction of sp³-hybridized carbons (Fsp3) is 0.269. The number of pyridine rings is 1. The second-order valence-electron chi connectivity index (χ2n) is 9.34. The minimum atomic E-state index is -0.510. The Morgan fingerprint density at radius 3 is 2.79 bits per heavy atom. The molecule has 0 spiro atoms. The van der Waals surface area contributed by atoms with Gasteiger partial charge in [-0.05, 0) is 43.3 Å². The first-order chi connectivity index (χ1) is 18.5. The Morgan fingerprint density at radius 1 is 1.16 bits per heavy atom. The Labute approximate surface area is 227 Å². The minimum Gasteiger partial charge on any atom is -0.378 e. The van der Waals surface area contributed by atoms with Gasteiger partial charge in [-0.25, -0.2) is 9.98 Å². The molecule has 192 valence electrons. The van der Waals surface area contributed by atoms with E-state index < -0.39 is 5.38 Å². The lowest BCUT2D eigenvalue weighted by atomic mass is 9.98. The van der Waals surface area contributed by atoms with Crippen molar-refractivity contribution in [3.63, 3.8) is 0 Å². The van der Waals surface area contributed by atoms with Crippen molar-refractivity contribution in [2.45, 2.75) is 18.8 Å². The lowest BCUT2D eigenvalue weighted by molar-refractivity contribution is 0.122. The van der Waals surface area contributed by atoms with E-state index in [4.69, 9.17) is 32.9 Å². The van der Waals surface area contributed by atoms with Crippen LogP contribution >= 0.6 is 23.2 Å². The molecular formula is C26H23Cl2N9O. The van der Waals surface area contributed by atoms with Crippen LogP contribution in [0.3, 0.4) is 0 Å². The van der Waals surface area contributed by atoms with Crippen molar-refractivity contribution in [3.8, 4) is 0 Å². The lowest BCUT2D eigenvalue weighted by Gasteiger charge is -2.28. The van der Waals surface area contributed by atoms with Crippen molar-refractivity contribution in [1.82, 2.24) is 24.6 Å². The summed E-state index contributed by atoms with van der Waals surface area (Å²) in [4.78, 5) is 19.5. The largest absolute Gasteiger partial charge is 0.378 e. The van der Waals surface area contributed by atoms with Crippen LogP contribution in [0, 0.1) is 6.92 Å². The van der Waals surface area contributed by atoms with Crippen molar-refractivity contribution < 1.29 is 4.74 Å². The number of rotatable bonds is 2. The van der Waals surface area contributed by atoms with E-state index >= 15 is 0 Å². The first kappa shape index (κ1) is 23.4. The van der Waals surface area contributed by atoms with Gasteiger partial charge in [0, 0.05) is 45.9 Å². The molecule has 10 nitrogen and oxygen atoms in total. The highest BCUT2D eigenvalue weighted by Crippen LogP contribution is 2.41. The standard InChI is InChI=1S/C26H23Cl2N9O/c1-14-31-20-11-19(27)21(22(28)23(20)32-14)18-10-15-12-29-26(34-24(15)37-13-30-35-25(18)37)33-16-2-4-17(5-3-16)36-6-8-38-9-7-36/h2-5,10-11,13,22H,6-9,12H2,1H3,(H,29,33)(H,31,32). The van der Waals surface area contributed by atoms with Gasteiger partial charge in [0.25, 0.3) is 0 Å². The van der Waals surface area contributed by atoms with Gasteiger partial charge in [-0.3, -0.25) is 4.40 Å². The highest BCUT2D eigenvalue weighted by atomic mass is 35.5. The van der Waals surface area contributed by atoms with Crippen molar-refractivity contribution in [3.05, 3.63) is 75.2 Å². The van der Waals surface area contributed by atoms with Crippen LogP contribution in [-0.2, 0) is 11.3 Å². The van der Waals surface area contributed by atoms with Gasteiger partial charge in [-0.15, -0.1) is 21.8 Å². The summed E-state index contributed by atoms with van der Waals surface area (Å²) in [5, 5.41) is 12.7. The zero-order valence-corrected chi connectivity index (χ0v) is 22.0. The van der Waals surface area contributed by atoms with Crippen LogP contribution in [0.4, 0.5) is 11.4 Å². The number of nitrogens with one attached hydrogen (secondary N) is 2. The quantitative estimate of drug-likeness (QED) is 0.373. The number of nitrogens with zero attached hydrogens (tertiary/aromatic N) is 7. The molecular weight excluding hydrogens is 525 g/mol. The highest BCUT2D eigenvalue weighted by molar-refractivity contribution is 6.42. The molecule has 2 N–H and O–H groups in total. The van der Waals surface area contributed by atoms with Crippen LogP contribution < -0.4 is 20.9 Å². The number of aromatic amines is 1. The highest BCUT2D eigenvalue weighted by Gasteiger charge is 2.28. The van der Waals surface area contributed by atoms with Gasteiger partial charge in [0.2, 0.25) is 5.96 Å². The molecule has 1 unspecified atom stereocenters. The molecule has 12 heteroatoms. The molecule has 3 aliphatic rings. The summed E-state index contributed by atoms with van der Waals surface area (Å²) in [5.74, 6) is 1.31. The summed E-state index contributed by atoms with van der Waals surface area (Å²) in [5.41, 5.74) is 6.66. The van der Waals surface area contributed by atoms with E-state index in [1.807, 2.05) is 35.6 Å². The van der Waals surface area contributed by atoms with Crippen molar-refractivity contribution in [2.75, 3.05) is 36.5 Å². The molecule has 1 aliphatic carbocycles. The predicted octanol–water partition coefficient (Wildman–Crippen LogP) is 2.92. The first-order valence-corrected chi connectivity index (χ1v) is 13.1. The molecule has 5 heterocycles. The van der Waals surface area contributed by atoms with E-state index in [2.05, 4.69) is 47.5 Å². The average Bonchev–Trinajstić information content (AvgIpc) is 3.57. The number of benzene rings is 1. The molecule has 7 rings (SSSR count). The molecule has 1 atom stereocenters.